The van der Waals surface area contributed by atoms with Crippen molar-refractivity contribution >= 4 is 22.1 Å². The first-order chi connectivity index (χ1) is 8.24. The highest BCUT2D eigenvalue weighted by molar-refractivity contribution is 5.99. The Labute approximate surface area is 98.4 Å². The predicted octanol–water partition coefficient (Wildman–Crippen LogP) is 2.12. The molecule has 0 fully saturated rings. The van der Waals surface area contributed by atoms with Crippen molar-refractivity contribution in [3.63, 3.8) is 0 Å². The Hall–Kier alpha value is -2.14. The third-order valence-corrected chi connectivity index (χ3v) is 2.56. The quantitative estimate of drug-likeness (QED) is 0.623. The Bertz CT molecular complexity index is 554. The van der Waals surface area contributed by atoms with Crippen LogP contribution in [0.25, 0.3) is 10.8 Å². The van der Waals surface area contributed by atoms with Gasteiger partial charge >= 0.3 is 0 Å². The number of hydrogen-bond acceptors (Lipinski definition) is 4. The van der Waals surface area contributed by atoms with Gasteiger partial charge in [-0.2, -0.15) is 0 Å². The number of fused-ring (bicyclic) bond motifs is 1. The molecule has 5 heteroatoms. The van der Waals surface area contributed by atoms with Crippen molar-refractivity contribution in [1.82, 2.24) is 0 Å². The number of hydrogen-bond donors (Lipinski definition) is 2. The van der Waals surface area contributed by atoms with Crippen molar-refractivity contribution in [2.24, 2.45) is 5.73 Å². The fraction of sp³-hybridized carbons (Fsp3) is 0.167. The van der Waals surface area contributed by atoms with E-state index in [1.54, 1.807) is 18.2 Å². The molecule has 0 heterocycles. The molecule has 0 aliphatic carbocycles. The van der Waals surface area contributed by atoms with Gasteiger partial charge in [-0.25, -0.2) is 0 Å². The van der Waals surface area contributed by atoms with Gasteiger partial charge in [0.25, 0.3) is 5.69 Å². The molecule has 2 aromatic rings. The lowest BCUT2D eigenvalue weighted by atomic mass is 10.1. The summed E-state index contributed by atoms with van der Waals surface area (Å²) in [6.07, 6.45) is 0. The van der Waals surface area contributed by atoms with Crippen LogP contribution < -0.4 is 11.1 Å². The van der Waals surface area contributed by atoms with E-state index in [0.717, 1.165) is 11.1 Å². The molecule has 3 N–H and O–H groups in total. The molecule has 88 valence electrons. The molecule has 0 saturated carbocycles. The standard InChI is InChI=1S/C12H13N3O2/c13-7-8-14-11-5-6-12(15(16)17)10-4-2-1-3-9(10)11/h1-6,14H,7-8,13H2. The van der Waals surface area contributed by atoms with E-state index in [4.69, 9.17) is 5.73 Å². The molecule has 0 bridgehead atoms. The van der Waals surface area contributed by atoms with Crippen molar-refractivity contribution in [3.8, 4) is 0 Å². The lowest BCUT2D eigenvalue weighted by molar-refractivity contribution is -0.383. The summed E-state index contributed by atoms with van der Waals surface area (Å²) < 4.78 is 0. The van der Waals surface area contributed by atoms with E-state index in [-0.39, 0.29) is 10.6 Å². The predicted molar refractivity (Wildman–Crippen MR) is 68.1 cm³/mol. The fourth-order valence-electron chi connectivity index (χ4n) is 1.80. The van der Waals surface area contributed by atoms with E-state index in [0.29, 0.717) is 18.5 Å². The largest absolute Gasteiger partial charge is 0.383 e. The Kier molecular flexibility index (Phi) is 3.20. The number of benzene rings is 2. The van der Waals surface area contributed by atoms with Gasteiger partial charge in [0, 0.05) is 30.2 Å². The van der Waals surface area contributed by atoms with Crippen LogP contribution in [0.15, 0.2) is 36.4 Å². The lowest BCUT2D eigenvalue weighted by Gasteiger charge is -2.08. The average Bonchev–Trinajstić information content (AvgIpc) is 2.35. The summed E-state index contributed by atoms with van der Waals surface area (Å²) in [6, 6.07) is 10.5. The maximum absolute atomic E-state index is 10.9. The van der Waals surface area contributed by atoms with Gasteiger partial charge < -0.3 is 11.1 Å². The molecule has 5 nitrogen and oxygen atoms in total. The third-order valence-electron chi connectivity index (χ3n) is 2.56. The van der Waals surface area contributed by atoms with E-state index < -0.39 is 0 Å². The number of non-ortho nitro benzene ring substituents is 1. The number of nitro benzene ring substituents is 1. The van der Waals surface area contributed by atoms with Crippen molar-refractivity contribution in [3.05, 3.63) is 46.5 Å². The van der Waals surface area contributed by atoms with Crippen LogP contribution in [0.2, 0.25) is 0 Å². The van der Waals surface area contributed by atoms with Gasteiger partial charge in [-0.1, -0.05) is 18.2 Å². The van der Waals surface area contributed by atoms with E-state index in [1.165, 1.54) is 6.07 Å². The molecule has 0 aliphatic rings. The molecule has 0 spiro atoms. The second-order valence-electron chi connectivity index (χ2n) is 3.65. The smallest absolute Gasteiger partial charge is 0.277 e. The van der Waals surface area contributed by atoms with Crippen molar-refractivity contribution in [1.29, 1.82) is 0 Å². The summed E-state index contributed by atoms with van der Waals surface area (Å²) >= 11 is 0. The Balaban J connectivity index is 2.58. The van der Waals surface area contributed by atoms with Gasteiger partial charge in [0.15, 0.2) is 0 Å². The van der Waals surface area contributed by atoms with E-state index in [9.17, 15) is 10.1 Å². The molecule has 0 amide bonds. The van der Waals surface area contributed by atoms with Gasteiger partial charge in [-0.3, -0.25) is 10.1 Å². The molecule has 0 aromatic heterocycles. The molecule has 17 heavy (non-hydrogen) atoms. The van der Waals surface area contributed by atoms with Crippen LogP contribution in [-0.2, 0) is 0 Å². The minimum Gasteiger partial charge on any atom is -0.383 e. The normalized spacial score (nSPS) is 10.4. The van der Waals surface area contributed by atoms with Crippen LogP contribution in [0, 0.1) is 10.1 Å². The molecule has 0 unspecified atom stereocenters. The van der Waals surface area contributed by atoms with Crippen molar-refractivity contribution in [2.45, 2.75) is 0 Å². The maximum atomic E-state index is 10.9. The van der Waals surface area contributed by atoms with Crippen LogP contribution in [0.3, 0.4) is 0 Å². The second kappa shape index (κ2) is 4.80. The number of nitrogens with one attached hydrogen (secondary N) is 1. The first kappa shape index (κ1) is 11.3. The summed E-state index contributed by atoms with van der Waals surface area (Å²) in [7, 11) is 0. The summed E-state index contributed by atoms with van der Waals surface area (Å²) in [5.41, 5.74) is 6.42. The summed E-state index contributed by atoms with van der Waals surface area (Å²) in [6.45, 7) is 1.16. The van der Waals surface area contributed by atoms with Crippen LogP contribution in [-0.4, -0.2) is 18.0 Å². The van der Waals surface area contributed by atoms with Crippen LogP contribution in [0.5, 0.6) is 0 Å². The zero-order valence-corrected chi connectivity index (χ0v) is 9.22. The molecule has 2 rings (SSSR count). The van der Waals surface area contributed by atoms with Crippen LogP contribution >= 0.6 is 0 Å². The van der Waals surface area contributed by atoms with E-state index in [2.05, 4.69) is 5.32 Å². The Morgan fingerprint density at radius 1 is 1.18 bits per heavy atom. The molecule has 2 aromatic carbocycles. The molecule has 0 saturated heterocycles. The van der Waals surface area contributed by atoms with Gasteiger partial charge in [-0.05, 0) is 12.1 Å². The zero-order valence-electron chi connectivity index (χ0n) is 9.22. The topological polar surface area (TPSA) is 81.2 Å². The average molecular weight is 231 g/mol. The Morgan fingerprint density at radius 2 is 1.88 bits per heavy atom. The lowest BCUT2D eigenvalue weighted by Crippen LogP contribution is -2.13. The first-order valence-electron chi connectivity index (χ1n) is 5.34. The van der Waals surface area contributed by atoms with Gasteiger partial charge in [0.2, 0.25) is 0 Å². The zero-order chi connectivity index (χ0) is 12.3. The fourth-order valence-corrected chi connectivity index (χ4v) is 1.80. The summed E-state index contributed by atoms with van der Waals surface area (Å²) in [5.74, 6) is 0. The number of rotatable bonds is 4. The highest BCUT2D eigenvalue weighted by Crippen LogP contribution is 2.30. The summed E-state index contributed by atoms with van der Waals surface area (Å²) in [5, 5.41) is 15.5. The van der Waals surface area contributed by atoms with E-state index in [1.807, 2.05) is 12.1 Å². The molecular weight excluding hydrogens is 218 g/mol. The van der Waals surface area contributed by atoms with Crippen LogP contribution in [0.4, 0.5) is 11.4 Å². The number of nitrogens with two attached hydrogens (primary N) is 1. The highest BCUT2D eigenvalue weighted by Gasteiger charge is 2.13. The summed E-state index contributed by atoms with van der Waals surface area (Å²) in [4.78, 5) is 10.5. The third kappa shape index (κ3) is 2.19. The number of nitro groups is 1. The van der Waals surface area contributed by atoms with Crippen molar-refractivity contribution < 1.29 is 4.92 Å². The van der Waals surface area contributed by atoms with Crippen LogP contribution in [0.1, 0.15) is 0 Å². The SMILES string of the molecule is NCCNc1ccc([N+](=O)[O-])c2ccccc12. The molecule has 0 aliphatic heterocycles. The highest BCUT2D eigenvalue weighted by atomic mass is 16.6. The number of anilines is 1. The van der Waals surface area contributed by atoms with Crippen molar-refractivity contribution in [2.75, 3.05) is 18.4 Å². The van der Waals surface area contributed by atoms with E-state index >= 15 is 0 Å². The first-order valence-corrected chi connectivity index (χ1v) is 5.34. The maximum Gasteiger partial charge on any atom is 0.277 e. The minimum atomic E-state index is -0.366. The minimum absolute atomic E-state index is 0.124. The van der Waals surface area contributed by atoms with Gasteiger partial charge in [-0.15, -0.1) is 0 Å². The van der Waals surface area contributed by atoms with Gasteiger partial charge in [0.05, 0.1) is 10.3 Å². The second-order valence-corrected chi connectivity index (χ2v) is 3.65. The number of nitrogens with zero attached hydrogens (tertiary/aromatic N) is 1. The molecular formula is C12H13N3O2. The molecule has 0 atom stereocenters. The molecule has 0 radical (unpaired) electrons. The van der Waals surface area contributed by atoms with Gasteiger partial charge in [0.1, 0.15) is 0 Å². The Morgan fingerprint density at radius 3 is 2.53 bits per heavy atom. The monoisotopic (exact) mass is 231 g/mol.